The summed E-state index contributed by atoms with van der Waals surface area (Å²) in [4.78, 5) is 2.52. The number of thioether (sulfide) groups is 1. The van der Waals surface area contributed by atoms with Crippen molar-refractivity contribution in [3.8, 4) is 16.3 Å². The van der Waals surface area contributed by atoms with Crippen LogP contribution >= 0.6 is 34.7 Å². The second-order valence-corrected chi connectivity index (χ2v) is 9.29. The average molecular weight is 443 g/mol. The van der Waals surface area contributed by atoms with Gasteiger partial charge in [0.15, 0.2) is 0 Å². The van der Waals surface area contributed by atoms with Crippen molar-refractivity contribution in [2.45, 2.75) is 38.9 Å². The topological polar surface area (TPSA) is 17.8 Å². The van der Waals surface area contributed by atoms with E-state index in [1.54, 1.807) is 0 Å². The Balaban J connectivity index is 1.98. The maximum Gasteiger partial charge on any atom is 0.0844 e. The largest absolute Gasteiger partial charge is 0.230 e. The lowest BCUT2D eigenvalue weighted by molar-refractivity contribution is 0.848. The second-order valence-electron chi connectivity index (χ2n) is 6.72. The second kappa shape index (κ2) is 10.3. The molecule has 0 aliphatic heterocycles. The molecular formula is C24H27ClN2S2. The zero-order valence-corrected chi connectivity index (χ0v) is 19.7. The predicted octanol–water partition coefficient (Wildman–Crippen LogP) is 7.92. The van der Waals surface area contributed by atoms with Gasteiger partial charge in [-0.05, 0) is 68.8 Å². The quantitative estimate of drug-likeness (QED) is 0.329. The van der Waals surface area contributed by atoms with Crippen LogP contribution in [0.1, 0.15) is 37.8 Å². The number of hydrogen-bond donors (Lipinski definition) is 0. The van der Waals surface area contributed by atoms with E-state index in [0.717, 1.165) is 29.9 Å². The molecular weight excluding hydrogens is 416 g/mol. The highest BCUT2D eigenvalue weighted by molar-refractivity contribution is 7.99. The van der Waals surface area contributed by atoms with Gasteiger partial charge in [-0.15, -0.1) is 11.3 Å². The van der Waals surface area contributed by atoms with E-state index >= 15 is 0 Å². The van der Waals surface area contributed by atoms with Crippen LogP contribution in [0.25, 0.3) is 21.8 Å². The van der Waals surface area contributed by atoms with Crippen LogP contribution in [0.5, 0.6) is 0 Å². The first kappa shape index (κ1) is 21.9. The van der Waals surface area contributed by atoms with Gasteiger partial charge in [0, 0.05) is 10.1 Å². The van der Waals surface area contributed by atoms with Gasteiger partial charge in [0.2, 0.25) is 0 Å². The van der Waals surface area contributed by atoms with Gasteiger partial charge < -0.3 is 0 Å². The molecule has 0 aliphatic carbocycles. The van der Waals surface area contributed by atoms with Crippen molar-refractivity contribution in [1.82, 2.24) is 9.78 Å². The number of allylic oxidation sites excluding steroid dienone is 3. The highest BCUT2D eigenvalue weighted by atomic mass is 35.5. The molecule has 0 spiro atoms. The summed E-state index contributed by atoms with van der Waals surface area (Å²) in [6, 6.07) is 14.5. The molecule has 5 heteroatoms. The number of thiophene rings is 1. The van der Waals surface area contributed by atoms with Crippen molar-refractivity contribution >= 4 is 40.3 Å². The molecule has 0 amide bonds. The van der Waals surface area contributed by atoms with Crippen LogP contribution < -0.4 is 0 Å². The van der Waals surface area contributed by atoms with Crippen LogP contribution in [0.4, 0.5) is 0 Å². The van der Waals surface area contributed by atoms with Crippen molar-refractivity contribution in [2.24, 2.45) is 0 Å². The van der Waals surface area contributed by atoms with E-state index in [1.165, 1.54) is 15.3 Å². The SMILES string of the molecule is C/C=C\C(C/C(=C\C)c1ccc(-c2cc(CC)nn2-c2ccccc2Cl)s1)SC. The first-order valence-electron chi connectivity index (χ1n) is 9.86. The van der Waals surface area contributed by atoms with E-state index in [1.807, 2.05) is 52.0 Å². The zero-order chi connectivity index (χ0) is 20.8. The monoisotopic (exact) mass is 442 g/mol. The lowest BCUT2D eigenvalue weighted by Gasteiger charge is -2.12. The highest BCUT2D eigenvalue weighted by Gasteiger charge is 2.16. The Bertz CT molecular complexity index is 1010. The van der Waals surface area contributed by atoms with Gasteiger partial charge in [-0.1, -0.05) is 48.9 Å². The Hall–Kier alpha value is -1.75. The van der Waals surface area contributed by atoms with Gasteiger partial charge in [-0.3, -0.25) is 0 Å². The minimum absolute atomic E-state index is 0.497. The van der Waals surface area contributed by atoms with Crippen molar-refractivity contribution in [1.29, 1.82) is 0 Å². The van der Waals surface area contributed by atoms with Gasteiger partial charge in [0.05, 0.1) is 27.0 Å². The Kier molecular flexibility index (Phi) is 7.82. The lowest BCUT2D eigenvalue weighted by Crippen LogP contribution is -1.99. The standard InChI is InChI=1S/C24H27ClN2S2/c1-5-10-19(28-4)15-17(6-2)23-13-14-24(29-23)22-16-18(7-3)26-27(22)21-12-9-8-11-20(21)25/h5-6,8-14,16,19H,7,15H2,1-4H3/b10-5-,17-6+. The molecule has 2 nitrogen and oxygen atoms in total. The van der Waals surface area contributed by atoms with E-state index in [4.69, 9.17) is 16.7 Å². The van der Waals surface area contributed by atoms with Gasteiger partial charge in [0.1, 0.15) is 0 Å². The number of halogens is 1. The third kappa shape index (κ3) is 5.06. The van der Waals surface area contributed by atoms with Crippen LogP contribution in [0, 0.1) is 0 Å². The Morgan fingerprint density at radius 1 is 1.24 bits per heavy atom. The Morgan fingerprint density at radius 3 is 2.69 bits per heavy atom. The summed E-state index contributed by atoms with van der Waals surface area (Å²) in [5.41, 5.74) is 4.46. The van der Waals surface area contributed by atoms with Crippen LogP contribution in [0.15, 0.2) is 60.7 Å². The van der Waals surface area contributed by atoms with E-state index in [-0.39, 0.29) is 0 Å². The van der Waals surface area contributed by atoms with Crippen LogP contribution in [-0.4, -0.2) is 21.3 Å². The summed E-state index contributed by atoms with van der Waals surface area (Å²) in [5, 5.41) is 6.01. The Labute approximate surface area is 187 Å². The molecule has 1 aromatic carbocycles. The Morgan fingerprint density at radius 2 is 2.03 bits per heavy atom. The minimum Gasteiger partial charge on any atom is -0.230 e. The zero-order valence-electron chi connectivity index (χ0n) is 17.4. The van der Waals surface area contributed by atoms with Gasteiger partial charge in [0.25, 0.3) is 0 Å². The normalized spacial score (nSPS) is 13.3. The van der Waals surface area contributed by atoms with Gasteiger partial charge in [-0.25, -0.2) is 4.68 Å². The number of nitrogens with zero attached hydrogens (tertiary/aromatic N) is 2. The molecule has 1 atom stereocenters. The third-order valence-corrected chi connectivity index (χ3v) is 7.29. The fourth-order valence-electron chi connectivity index (χ4n) is 3.26. The maximum absolute atomic E-state index is 6.48. The molecule has 0 radical (unpaired) electrons. The lowest BCUT2D eigenvalue weighted by atomic mass is 10.1. The number of benzene rings is 1. The van der Waals surface area contributed by atoms with E-state index < -0.39 is 0 Å². The fourth-order valence-corrected chi connectivity index (χ4v) is 5.22. The predicted molar refractivity (Wildman–Crippen MR) is 132 cm³/mol. The van der Waals surface area contributed by atoms with Crippen molar-refractivity contribution in [3.63, 3.8) is 0 Å². The first-order chi connectivity index (χ1) is 14.1. The van der Waals surface area contributed by atoms with Crippen LogP contribution in [0.2, 0.25) is 5.02 Å². The molecule has 0 saturated carbocycles. The molecule has 1 unspecified atom stereocenters. The molecule has 152 valence electrons. The molecule has 0 saturated heterocycles. The number of rotatable bonds is 8. The third-order valence-electron chi connectivity index (χ3n) is 4.86. The molecule has 0 fully saturated rings. The number of hydrogen-bond acceptors (Lipinski definition) is 3. The molecule has 0 bridgehead atoms. The van der Waals surface area contributed by atoms with Crippen molar-refractivity contribution in [2.75, 3.05) is 6.26 Å². The smallest absolute Gasteiger partial charge is 0.0844 e. The fraction of sp³-hybridized carbons (Fsp3) is 0.292. The van der Waals surface area contributed by atoms with Crippen molar-refractivity contribution < 1.29 is 0 Å². The summed E-state index contributed by atoms with van der Waals surface area (Å²) in [7, 11) is 0. The number of para-hydroxylation sites is 1. The molecule has 3 aromatic rings. The maximum atomic E-state index is 6.48. The molecule has 0 N–H and O–H groups in total. The van der Waals surface area contributed by atoms with E-state index in [2.05, 4.69) is 63.5 Å². The van der Waals surface area contributed by atoms with E-state index in [9.17, 15) is 0 Å². The van der Waals surface area contributed by atoms with Gasteiger partial charge >= 0.3 is 0 Å². The molecule has 3 rings (SSSR count). The number of aryl methyl sites for hydroxylation is 1. The molecule has 29 heavy (non-hydrogen) atoms. The summed E-state index contributed by atoms with van der Waals surface area (Å²) in [5.74, 6) is 0. The molecule has 2 aromatic heterocycles. The highest BCUT2D eigenvalue weighted by Crippen LogP contribution is 2.37. The van der Waals surface area contributed by atoms with Gasteiger partial charge in [-0.2, -0.15) is 16.9 Å². The summed E-state index contributed by atoms with van der Waals surface area (Å²) >= 11 is 10.2. The van der Waals surface area contributed by atoms with E-state index in [0.29, 0.717) is 10.3 Å². The summed E-state index contributed by atoms with van der Waals surface area (Å²) < 4.78 is 1.98. The minimum atomic E-state index is 0.497. The van der Waals surface area contributed by atoms with Crippen LogP contribution in [0.3, 0.4) is 0 Å². The molecule has 2 heterocycles. The van der Waals surface area contributed by atoms with Crippen LogP contribution in [-0.2, 0) is 6.42 Å². The summed E-state index contributed by atoms with van der Waals surface area (Å²) in [6.45, 7) is 6.35. The number of aromatic nitrogens is 2. The first-order valence-corrected chi connectivity index (χ1v) is 12.3. The van der Waals surface area contributed by atoms with Crippen molar-refractivity contribution in [3.05, 3.63) is 76.3 Å². The molecule has 0 aliphatic rings. The summed E-state index contributed by atoms with van der Waals surface area (Å²) in [6.07, 6.45) is 10.8. The average Bonchev–Trinajstić information content (AvgIpc) is 3.38.